The van der Waals surface area contributed by atoms with Gasteiger partial charge in [0.1, 0.15) is 0 Å². The zero-order valence-electron chi connectivity index (χ0n) is 23.1. The zero-order valence-corrected chi connectivity index (χ0v) is 24.2. The van der Waals surface area contributed by atoms with Crippen LogP contribution in [0.25, 0.3) is 89.7 Å². The van der Waals surface area contributed by atoms with E-state index in [9.17, 15) is 0 Å². The van der Waals surface area contributed by atoms with Gasteiger partial charge in [0.05, 0.1) is 23.3 Å². The minimum atomic E-state index is 0. The van der Waals surface area contributed by atoms with Gasteiger partial charge in [-0.2, -0.15) is 0 Å². The SMILES string of the molecule is Nc1ccc2c(c1)-c1nc-2nc2[n-]c(nc3nc(nc4[n-]c(n1)c1ccc(N)cc41)-c1ccc(N)cc1-3)c1ccc(N)cc21.[Co+2]. The third-order valence-electron chi connectivity index (χ3n) is 7.80. The molecule has 8 N–H and O–H groups in total. The van der Waals surface area contributed by atoms with Crippen molar-refractivity contribution in [1.82, 2.24) is 39.9 Å². The van der Waals surface area contributed by atoms with Crippen LogP contribution in [0.15, 0.2) is 72.8 Å². The second-order valence-corrected chi connectivity index (χ2v) is 10.7. The number of rotatable bonds is 0. The van der Waals surface area contributed by atoms with Crippen molar-refractivity contribution in [1.29, 1.82) is 0 Å². The summed E-state index contributed by atoms with van der Waals surface area (Å²) in [6, 6.07) is 22.0. The molecule has 0 spiro atoms. The molecule has 9 rings (SSSR count). The van der Waals surface area contributed by atoms with Crippen LogP contribution in [0.5, 0.6) is 0 Å². The Labute approximate surface area is 264 Å². The van der Waals surface area contributed by atoms with Gasteiger partial charge in [-0.05, 0) is 82.2 Å². The second-order valence-electron chi connectivity index (χ2n) is 10.7. The van der Waals surface area contributed by atoms with Crippen molar-refractivity contribution >= 4 is 66.9 Å². The predicted molar refractivity (Wildman–Crippen MR) is 172 cm³/mol. The molecule has 1 radical (unpaired) electrons. The molecule has 0 aliphatic carbocycles. The number of aromatic nitrogens is 8. The van der Waals surface area contributed by atoms with Gasteiger partial charge in [-0.1, -0.05) is 12.1 Å². The average Bonchev–Trinajstić information content (AvgIpc) is 3.71. The van der Waals surface area contributed by atoms with Gasteiger partial charge in [-0.3, -0.25) is 0 Å². The number of hydrogen-bond acceptors (Lipinski definition) is 10. The van der Waals surface area contributed by atoms with Crippen LogP contribution >= 0.6 is 0 Å². The van der Waals surface area contributed by atoms with E-state index in [0.29, 0.717) is 68.6 Å². The summed E-state index contributed by atoms with van der Waals surface area (Å²) in [5.74, 6) is 1.68. The standard InChI is InChI=1S/C32H20N12.Co/c33-13-1-5-17-21(9-13)29-37-25(17)41-30-22-10-14(34)2-6-18(22)27(38-30)43-32-24-12-16(36)4-8-20(24)28(40-32)44-31-23-11-15(35)3-7-19(23)26(39-31)42-29;/h1-12H,33-36H2;/q-2;+2. The summed E-state index contributed by atoms with van der Waals surface area (Å²) >= 11 is 0. The van der Waals surface area contributed by atoms with Gasteiger partial charge in [0.2, 0.25) is 0 Å². The van der Waals surface area contributed by atoms with Crippen molar-refractivity contribution < 1.29 is 16.8 Å². The molecule has 0 atom stereocenters. The maximum absolute atomic E-state index is 6.19. The van der Waals surface area contributed by atoms with Crippen LogP contribution < -0.4 is 32.9 Å². The Morgan fingerprint density at radius 1 is 0.356 bits per heavy atom. The first kappa shape index (κ1) is 26.6. The Morgan fingerprint density at radius 3 is 1.11 bits per heavy atom. The molecule has 0 amide bonds. The van der Waals surface area contributed by atoms with Crippen molar-refractivity contribution in [2.45, 2.75) is 0 Å². The molecule has 12 nitrogen and oxygen atoms in total. The van der Waals surface area contributed by atoms with E-state index in [2.05, 4.69) is 0 Å². The van der Waals surface area contributed by atoms with Crippen molar-refractivity contribution in [3.63, 3.8) is 0 Å². The van der Waals surface area contributed by atoms with Crippen molar-refractivity contribution in [3.05, 3.63) is 72.8 Å². The molecule has 5 heterocycles. The first-order chi connectivity index (χ1) is 21.4. The Bertz CT molecular complexity index is 2390. The third-order valence-corrected chi connectivity index (χ3v) is 7.80. The molecular weight excluding hydrogens is 611 g/mol. The van der Waals surface area contributed by atoms with Crippen molar-refractivity contribution in [2.75, 3.05) is 22.9 Å². The molecule has 0 unspecified atom stereocenters. The second kappa shape index (κ2) is 9.47. The first-order valence-electron chi connectivity index (χ1n) is 13.7. The number of nitrogens with zero attached hydrogens (tertiary/aromatic N) is 8. The third kappa shape index (κ3) is 4.06. The minimum absolute atomic E-state index is 0. The monoisotopic (exact) mass is 631 g/mol. The molecular formula is C32H20CoN12. The van der Waals surface area contributed by atoms with E-state index in [4.69, 9.17) is 62.8 Å². The molecule has 0 saturated carbocycles. The number of hydrogen-bond donors (Lipinski definition) is 4. The smallest absolute Gasteiger partial charge is 0.399 e. The summed E-state index contributed by atoms with van der Waals surface area (Å²) in [4.78, 5) is 39.0. The molecule has 3 aromatic heterocycles. The van der Waals surface area contributed by atoms with Gasteiger partial charge in [-0.15, -0.1) is 0 Å². The Balaban J connectivity index is 0.00000300. The first-order valence-corrected chi connectivity index (χ1v) is 13.7. The number of nitrogens with two attached hydrogens (primary N) is 4. The summed E-state index contributed by atoms with van der Waals surface area (Å²) in [5.41, 5.74) is 31.7. The van der Waals surface area contributed by atoms with E-state index >= 15 is 0 Å². The number of fused-ring (bicyclic) bond motifs is 20. The van der Waals surface area contributed by atoms with Crippen LogP contribution in [-0.2, 0) is 16.8 Å². The Hall–Kier alpha value is -6.05. The fourth-order valence-electron chi connectivity index (χ4n) is 5.73. The van der Waals surface area contributed by atoms with E-state index in [-0.39, 0.29) is 16.8 Å². The van der Waals surface area contributed by atoms with Gasteiger partial charge < -0.3 is 52.8 Å². The summed E-state index contributed by atoms with van der Waals surface area (Å²) in [6.07, 6.45) is 0. The van der Waals surface area contributed by atoms with Crippen LogP contribution in [0.2, 0.25) is 0 Å². The largest absolute Gasteiger partial charge is 2.00 e. The van der Waals surface area contributed by atoms with E-state index in [0.717, 1.165) is 43.8 Å². The van der Waals surface area contributed by atoms with Gasteiger partial charge in [0.25, 0.3) is 0 Å². The van der Waals surface area contributed by atoms with Crippen LogP contribution in [-0.4, -0.2) is 29.9 Å². The normalized spacial score (nSPS) is 11.7. The van der Waals surface area contributed by atoms with Crippen LogP contribution in [0, 0.1) is 0 Å². The average molecular weight is 632 g/mol. The van der Waals surface area contributed by atoms with Crippen molar-refractivity contribution in [2.24, 2.45) is 0 Å². The molecule has 8 bridgehead atoms. The van der Waals surface area contributed by atoms with E-state index in [1.54, 1.807) is 24.3 Å². The van der Waals surface area contributed by atoms with Crippen molar-refractivity contribution in [3.8, 4) is 45.6 Å². The summed E-state index contributed by atoms with van der Waals surface area (Å²) < 4.78 is 0. The summed E-state index contributed by atoms with van der Waals surface area (Å²) in [5, 5.41) is 2.97. The van der Waals surface area contributed by atoms with E-state index < -0.39 is 0 Å². The van der Waals surface area contributed by atoms with Crippen LogP contribution in [0.4, 0.5) is 22.7 Å². The van der Waals surface area contributed by atoms with Gasteiger partial charge in [0, 0.05) is 67.6 Å². The molecule has 2 aliphatic heterocycles. The molecule has 7 aromatic rings. The Morgan fingerprint density at radius 2 is 0.689 bits per heavy atom. The topological polar surface area (TPSA) is 210 Å². The zero-order chi connectivity index (χ0) is 29.7. The van der Waals surface area contributed by atoms with Crippen LogP contribution in [0.1, 0.15) is 0 Å². The van der Waals surface area contributed by atoms with Gasteiger partial charge in [0.15, 0.2) is 0 Å². The van der Waals surface area contributed by atoms with Gasteiger partial charge >= 0.3 is 16.8 Å². The quantitative estimate of drug-likeness (QED) is 0.171. The van der Waals surface area contributed by atoms with Gasteiger partial charge in [-0.25, -0.2) is 9.97 Å². The number of anilines is 4. The summed E-state index contributed by atoms with van der Waals surface area (Å²) in [6.45, 7) is 0. The summed E-state index contributed by atoms with van der Waals surface area (Å²) in [7, 11) is 0. The molecule has 13 heteroatoms. The van der Waals surface area contributed by atoms with E-state index in [1.165, 1.54) is 0 Å². The Kier molecular flexibility index (Phi) is 5.59. The fourth-order valence-corrected chi connectivity index (χ4v) is 5.73. The van der Waals surface area contributed by atoms with E-state index in [1.807, 2.05) is 48.5 Å². The molecule has 2 aliphatic rings. The minimum Gasteiger partial charge on any atom is -0.399 e. The fraction of sp³-hybridized carbons (Fsp3) is 0. The maximum Gasteiger partial charge on any atom is 2.00 e. The maximum atomic E-state index is 6.19. The van der Waals surface area contributed by atoms with Crippen LogP contribution in [0.3, 0.4) is 0 Å². The molecule has 0 fully saturated rings. The molecule has 217 valence electrons. The molecule has 4 aromatic carbocycles. The molecule has 0 saturated heterocycles. The predicted octanol–water partition coefficient (Wildman–Crippen LogP) is 4.45. The number of nitrogen functional groups attached to an aromatic ring is 4. The molecule has 45 heavy (non-hydrogen) atoms. The number of benzene rings is 4.